The van der Waals surface area contributed by atoms with E-state index in [1.54, 1.807) is 110 Å². The Labute approximate surface area is 820 Å². The van der Waals surface area contributed by atoms with Gasteiger partial charge in [-0.2, -0.15) is 0 Å². The van der Waals surface area contributed by atoms with Gasteiger partial charge in [0, 0.05) is 75.5 Å². The normalized spacial score (nSPS) is 12.8. The van der Waals surface area contributed by atoms with Crippen LogP contribution in [0.5, 0.6) is 5.19 Å². The molecule has 1 unspecified atom stereocenters. The smallest absolute Gasteiger partial charge is 0.293 e. The van der Waals surface area contributed by atoms with E-state index in [0.29, 0.717) is 59.9 Å². The van der Waals surface area contributed by atoms with Crippen molar-refractivity contribution in [3.8, 4) is 5.19 Å². The third-order valence-corrected chi connectivity index (χ3v) is 25.5. The molecule has 1 saturated carbocycles. The molecular weight excluding hydrogens is 1830 g/mol. The van der Waals surface area contributed by atoms with Crippen molar-refractivity contribution < 1.29 is 13.9 Å². The molecule has 1 aliphatic carbocycles. The summed E-state index contributed by atoms with van der Waals surface area (Å²) in [5.41, 5.74) is 8.24. The number of nitrogens with zero attached hydrogens (tertiary/aromatic N) is 21. The molecule has 11 aromatic rings. The number of carbonyl (C=O) groups is 1. The Kier molecular flexibility index (Phi) is 51.0. The minimum absolute atomic E-state index is 0.142. The fraction of sp³-hybridized carbons (Fsp3) is 0.745. The number of aromatic nitrogens is 21. The summed E-state index contributed by atoms with van der Waals surface area (Å²) in [6, 6.07) is 0. The van der Waals surface area contributed by atoms with Crippen molar-refractivity contribution in [3.05, 3.63) is 112 Å². The van der Waals surface area contributed by atoms with Crippen LogP contribution < -0.4 is 4.74 Å². The second-order valence-electron chi connectivity index (χ2n) is 45.5. The van der Waals surface area contributed by atoms with Crippen LogP contribution in [0.15, 0.2) is 16.4 Å². The second-order valence-corrected chi connectivity index (χ2v) is 57.6. The van der Waals surface area contributed by atoms with E-state index in [4.69, 9.17) is 4.74 Å². The van der Waals surface area contributed by atoms with Crippen molar-refractivity contribution in [1.29, 1.82) is 0 Å². The lowest BCUT2D eigenvalue weighted by molar-refractivity contribution is -0.116. The molecule has 726 valence electrons. The molecule has 23 nitrogen and oxygen atoms in total. The lowest BCUT2D eigenvalue weighted by atomic mass is 9.91. The lowest BCUT2D eigenvalue weighted by Gasteiger charge is -2.15. The number of ketones is 1. The zero-order valence-electron chi connectivity index (χ0n) is 86.3. The zero-order chi connectivity index (χ0) is 98.5. The summed E-state index contributed by atoms with van der Waals surface area (Å²) in [5.74, 6) is 0.898. The summed E-state index contributed by atoms with van der Waals surface area (Å²) in [4.78, 5) is 15.1. The Bertz CT molecular complexity index is 4440. The average Bonchev–Trinajstić information content (AvgIpc) is 1.69. The summed E-state index contributed by atoms with van der Waals surface area (Å²) >= 11 is 18.1. The summed E-state index contributed by atoms with van der Waals surface area (Å²) in [5, 5.41) is 102. The van der Waals surface area contributed by atoms with Crippen LogP contribution in [0.1, 0.15) is 377 Å². The highest BCUT2D eigenvalue weighted by molar-refractivity contribution is 7.14. The first-order valence-corrected chi connectivity index (χ1v) is 53.6. The van der Waals surface area contributed by atoms with Crippen LogP contribution in [-0.2, 0) is 94.7 Å². The number of Topliss-reactive ketones (excluding diaryl/α,β-unsaturated/α-hetero) is 1. The molecule has 0 bridgehead atoms. The largest absolute Gasteiger partial charge is 0.472 e. The number of aryl methyl sites for hydroxylation is 5. The van der Waals surface area contributed by atoms with Gasteiger partial charge in [0.2, 0.25) is 0 Å². The Hall–Kier alpha value is -5.37. The summed E-state index contributed by atoms with van der Waals surface area (Å²) in [7, 11) is 1.61. The molecule has 1 fully saturated rings. The Morgan fingerprint density at radius 2 is 0.636 bits per heavy atom. The van der Waals surface area contributed by atoms with Crippen LogP contribution in [0.3, 0.4) is 0 Å². The maximum absolute atomic E-state index is 12.8. The second kappa shape index (κ2) is 55.0. The van der Waals surface area contributed by atoms with Crippen molar-refractivity contribution in [1.82, 2.24) is 107 Å². The van der Waals surface area contributed by atoms with Crippen LogP contribution in [0.25, 0.3) is 0 Å². The molecule has 0 radical (unpaired) electrons. The van der Waals surface area contributed by atoms with E-state index in [9.17, 15) is 9.18 Å². The van der Waals surface area contributed by atoms with Crippen LogP contribution in [-0.4, -0.2) is 120 Å². The minimum Gasteiger partial charge on any atom is -0.472 e. The molecule has 0 amide bonds. The van der Waals surface area contributed by atoms with Crippen LogP contribution in [0, 0.1) is 80.3 Å². The number of rotatable bonds is 18. The van der Waals surface area contributed by atoms with Gasteiger partial charge in [-0.3, -0.25) is 4.79 Å². The fourth-order valence-corrected chi connectivity index (χ4v) is 21.4. The van der Waals surface area contributed by atoms with E-state index < -0.39 is 6.17 Å². The zero-order valence-corrected chi connectivity index (χ0v) is 95.3. The lowest BCUT2D eigenvalue weighted by Crippen LogP contribution is -2.08. The first kappa shape index (κ1) is 120. The predicted octanol–water partition coefficient (Wildman–Crippen LogP) is 28.1. The van der Waals surface area contributed by atoms with Crippen LogP contribution in [0.4, 0.5) is 4.39 Å². The van der Waals surface area contributed by atoms with Crippen molar-refractivity contribution in [2.75, 3.05) is 7.11 Å². The molecule has 0 aromatic carbocycles. The quantitative estimate of drug-likeness (QED) is 0.0771. The predicted molar refractivity (Wildman–Crippen MR) is 551 cm³/mol. The number of alkyl halides is 1. The van der Waals surface area contributed by atoms with E-state index in [1.165, 1.54) is 68.2 Å². The first-order chi connectivity index (χ1) is 58.9. The molecule has 35 heteroatoms. The van der Waals surface area contributed by atoms with Gasteiger partial charge in [0.25, 0.3) is 5.19 Å². The van der Waals surface area contributed by atoms with Gasteiger partial charge in [-0.1, -0.05) is 265 Å². The summed E-state index contributed by atoms with van der Waals surface area (Å²) in [6.45, 7) is 86.0. The van der Waals surface area contributed by atoms with Gasteiger partial charge in [0.05, 0.1) is 24.7 Å². The molecule has 0 aliphatic heterocycles. The van der Waals surface area contributed by atoms with E-state index in [1.807, 2.05) is 37.6 Å². The number of hydrogen-bond acceptors (Lipinski definition) is 34. The monoisotopic (exact) mass is 1990 g/mol. The maximum Gasteiger partial charge on any atom is 0.293 e. The van der Waals surface area contributed by atoms with Gasteiger partial charge in [-0.15, -0.1) is 204 Å². The number of carbonyl (C=O) groups excluding carboxylic acids is 1. The number of methoxy groups -OCH3 is 1. The highest BCUT2D eigenvalue weighted by atomic mass is 32.1. The van der Waals surface area contributed by atoms with Gasteiger partial charge < -0.3 is 4.74 Å². The molecule has 0 saturated heterocycles. The maximum atomic E-state index is 12.8. The fourth-order valence-electron chi connectivity index (χ4n) is 10.3. The Morgan fingerprint density at radius 3 is 0.899 bits per heavy atom. The van der Waals surface area contributed by atoms with Crippen molar-refractivity contribution in [2.45, 2.75) is 392 Å². The number of halogens is 1. The van der Waals surface area contributed by atoms with E-state index >= 15 is 0 Å². The Balaban J connectivity index is 0.000000481. The van der Waals surface area contributed by atoms with Gasteiger partial charge in [-0.25, -0.2) is 9.37 Å². The minimum atomic E-state index is -0.994. The van der Waals surface area contributed by atoms with Gasteiger partial charge in [0.15, 0.2) is 11.2 Å². The highest BCUT2D eigenvalue weighted by Gasteiger charge is 2.29. The van der Waals surface area contributed by atoms with E-state index in [-0.39, 0.29) is 22.0 Å². The van der Waals surface area contributed by atoms with Crippen molar-refractivity contribution in [3.63, 3.8) is 0 Å². The molecule has 1 aliphatic rings. The van der Waals surface area contributed by atoms with Crippen molar-refractivity contribution >= 4 is 130 Å². The molecule has 11 heterocycles. The number of hydrogen-bond donors (Lipinski definition) is 0. The standard InChI is InChI=1S/C10H16N2OS.C10H16N2S.C9H15FN2S.2C9H16N2S.C8H14N2OS.3C8H14N2S.C8H13NS.C7H12N2S/c1-7(13)5-8-11-12-9(14-8)6-10(2,3)4;1-10(2,3)6-8-11-12-9(13-8)7-4-5-7;1-6(10)8-12-11-7(13-8)5-9(2,3)4;2*1-5-7-10-11-8(12-7)6-9(2,3)4;1-8(2,3)5-6-9-10-7(11-4)12-6;3*1-6-9-10-7(11-6)5-8(2,3)4;1-8(2,3)4-7-5-10-6-9-7;1-7(2,3)4-6-9-8-5-10-6/h5-6H2,1-4H3;7H,4-6H2,1-3H3;6H,5H2,1-4H3;2*5-6H2,1-4H3;5H2,1-4H3;3*5H2,1-4H3;5-6H,4H2,1-3H3;5H,4H2,1-3H3. The van der Waals surface area contributed by atoms with Crippen LogP contribution in [0.2, 0.25) is 0 Å². The molecule has 0 N–H and O–H groups in total. The summed E-state index contributed by atoms with van der Waals surface area (Å²) < 4.78 is 17.7. The van der Waals surface area contributed by atoms with E-state index in [2.05, 4.69) is 355 Å². The van der Waals surface area contributed by atoms with E-state index in [0.717, 1.165) is 154 Å². The topological polar surface area (TPSA) is 297 Å². The Morgan fingerprint density at radius 1 is 0.349 bits per heavy atom. The highest BCUT2D eigenvalue weighted by Crippen LogP contribution is 2.42. The molecule has 0 spiro atoms. The van der Waals surface area contributed by atoms with Gasteiger partial charge in [-0.05, 0) is 126 Å². The SMILES string of the molecule is CC(=O)Cc1nnc(CC(C)(C)C)s1.CC(C)(C)Cc1cscn1.CC(C)(C)Cc1nnc(C2CC2)s1.CC(C)(C)Cc1nncs1.CC(F)c1nnc(CC(C)(C)C)s1.CCc1nnc(CC(C)(C)C)s1.CCc1nnc(CC(C)(C)C)s1.COc1nnc(CC(C)(C)C)s1.Cc1nnc(CC(C)(C)C)s1.Cc1nnc(CC(C)(C)C)s1.Cc1nnc(CC(C)(C)C)s1. The third kappa shape index (κ3) is 65.0. The number of thiazole rings is 1. The molecule has 129 heavy (non-hydrogen) atoms. The molecule has 12 rings (SSSR count). The third-order valence-electron chi connectivity index (χ3n) is 15.5. The van der Waals surface area contributed by atoms with Gasteiger partial charge >= 0.3 is 0 Å². The number of ether oxygens (including phenoxy) is 1. The van der Waals surface area contributed by atoms with Crippen LogP contribution >= 0.6 is 125 Å². The molecule has 1 atom stereocenters. The van der Waals surface area contributed by atoms with Gasteiger partial charge in [0.1, 0.15) is 96.4 Å². The van der Waals surface area contributed by atoms with Crippen molar-refractivity contribution in [2.24, 2.45) is 59.6 Å². The average molecular weight is 1990 g/mol. The summed E-state index contributed by atoms with van der Waals surface area (Å²) in [6.07, 6.45) is 15.1. The first-order valence-electron chi connectivity index (χ1n) is 44.5. The molecule has 11 aromatic heterocycles. The molecular formula is C94H160FN21O2S11.